The van der Waals surface area contributed by atoms with Crippen LogP contribution < -0.4 is 0 Å². The number of hydrogen-bond acceptors (Lipinski definition) is 5. The molecule has 194 valence electrons. The van der Waals surface area contributed by atoms with E-state index >= 15 is 0 Å². The van der Waals surface area contributed by atoms with Crippen molar-refractivity contribution in [1.29, 1.82) is 0 Å². The molecular weight excluding hydrogens is 456 g/mol. The van der Waals surface area contributed by atoms with Gasteiger partial charge in [-0.3, -0.25) is 14.4 Å². The first-order valence-electron chi connectivity index (χ1n) is 13.5. The molecule has 3 aliphatic heterocycles. The molecule has 1 aromatic rings. The van der Waals surface area contributed by atoms with Gasteiger partial charge in [0.1, 0.15) is 5.41 Å². The summed E-state index contributed by atoms with van der Waals surface area (Å²) >= 11 is 0. The molecule has 0 N–H and O–H groups in total. The van der Waals surface area contributed by atoms with Gasteiger partial charge in [-0.05, 0) is 56.6 Å². The van der Waals surface area contributed by atoms with Crippen LogP contribution in [0.4, 0.5) is 0 Å². The highest BCUT2D eigenvalue weighted by Gasteiger charge is 2.60. The van der Waals surface area contributed by atoms with Crippen LogP contribution in [0.5, 0.6) is 0 Å². The fourth-order valence-corrected chi connectivity index (χ4v) is 6.78. The monoisotopic (exact) mass is 494 g/mol. The van der Waals surface area contributed by atoms with E-state index in [9.17, 15) is 14.4 Å². The molecule has 5 rings (SSSR count). The number of hydrogen-bond donors (Lipinski definition) is 0. The smallest absolute Gasteiger partial charge is 0.320 e. The van der Waals surface area contributed by atoms with Crippen LogP contribution in [0.2, 0.25) is 0 Å². The van der Waals surface area contributed by atoms with Gasteiger partial charge in [0.25, 0.3) is 0 Å². The van der Waals surface area contributed by atoms with Gasteiger partial charge in [0.15, 0.2) is 0 Å². The van der Waals surface area contributed by atoms with Gasteiger partial charge >= 0.3 is 5.97 Å². The molecule has 3 heterocycles. The van der Waals surface area contributed by atoms with Crippen LogP contribution in [0.3, 0.4) is 0 Å². The molecule has 0 radical (unpaired) electrons. The number of ether oxygens (including phenoxy) is 2. The number of nitrogens with zero attached hydrogens (tertiary/aromatic N) is 2. The van der Waals surface area contributed by atoms with Crippen molar-refractivity contribution in [3.8, 4) is 0 Å². The van der Waals surface area contributed by atoms with Crippen molar-refractivity contribution in [2.24, 2.45) is 17.3 Å². The fraction of sp³-hybridized carbons (Fsp3) is 0.621. The zero-order valence-electron chi connectivity index (χ0n) is 21.5. The standard InChI is InChI=1S/C29H38N2O5/c1-20-29(28(34)35-2)18-23(16-26(32)30-14-8-9-15-30)27(33)31(19-21-10-4-3-5-11-21)25(29)17-24(36-20)22-12-6-7-13-22/h3-5,10-11,17,20,22-24H,6-9,12-16,18-19H2,1-2H3/t20-,23+,24-,29+/m1/s1. The molecule has 2 saturated heterocycles. The lowest BCUT2D eigenvalue weighted by molar-refractivity contribution is -0.178. The SMILES string of the molecule is COC(=O)[C@]12C[C@H](CC(=O)N3CCCC3)C(=O)N(Cc3ccccc3)C1=C[C@H](C1CCCC1)O[C@@H]2C. The van der Waals surface area contributed by atoms with Gasteiger partial charge < -0.3 is 19.3 Å². The fourth-order valence-electron chi connectivity index (χ4n) is 6.78. The molecule has 4 atom stereocenters. The molecule has 1 aromatic carbocycles. The molecular formula is C29H38N2O5. The zero-order chi connectivity index (χ0) is 25.3. The summed E-state index contributed by atoms with van der Waals surface area (Å²) in [7, 11) is 1.40. The Hall–Kier alpha value is -2.67. The first kappa shape index (κ1) is 25.0. The molecule has 3 fully saturated rings. The molecule has 7 nitrogen and oxygen atoms in total. The minimum Gasteiger partial charge on any atom is -0.468 e. The van der Waals surface area contributed by atoms with E-state index in [2.05, 4.69) is 0 Å². The highest BCUT2D eigenvalue weighted by Crippen LogP contribution is 2.52. The molecule has 0 spiro atoms. The van der Waals surface area contributed by atoms with Crippen LogP contribution >= 0.6 is 0 Å². The Kier molecular flexibility index (Phi) is 7.20. The number of methoxy groups -OCH3 is 1. The summed E-state index contributed by atoms with van der Waals surface area (Å²) in [5.41, 5.74) is 0.556. The highest BCUT2D eigenvalue weighted by molar-refractivity contribution is 5.92. The second-order valence-electron chi connectivity index (χ2n) is 10.9. The van der Waals surface area contributed by atoms with Crippen LogP contribution in [0.1, 0.15) is 63.9 Å². The van der Waals surface area contributed by atoms with Gasteiger partial charge in [0.05, 0.1) is 25.9 Å². The second-order valence-corrected chi connectivity index (χ2v) is 10.9. The first-order chi connectivity index (χ1) is 17.4. The largest absolute Gasteiger partial charge is 0.468 e. The number of fused-ring (bicyclic) bond motifs is 1. The molecule has 0 unspecified atom stereocenters. The Morgan fingerprint density at radius 2 is 1.78 bits per heavy atom. The third-order valence-corrected chi connectivity index (χ3v) is 8.79. The van der Waals surface area contributed by atoms with Gasteiger partial charge in [0, 0.05) is 31.1 Å². The van der Waals surface area contributed by atoms with Crippen LogP contribution in [-0.4, -0.2) is 60.0 Å². The first-order valence-corrected chi connectivity index (χ1v) is 13.5. The van der Waals surface area contributed by atoms with Crippen molar-refractivity contribution in [1.82, 2.24) is 9.80 Å². The number of benzene rings is 1. The number of esters is 1. The van der Waals surface area contributed by atoms with Crippen molar-refractivity contribution in [2.75, 3.05) is 20.2 Å². The van der Waals surface area contributed by atoms with E-state index in [1.807, 2.05) is 48.2 Å². The summed E-state index contributed by atoms with van der Waals surface area (Å²) in [6, 6.07) is 9.83. The number of carbonyl (C=O) groups excluding carboxylic acids is 3. The third kappa shape index (κ3) is 4.47. The van der Waals surface area contributed by atoms with Crippen LogP contribution in [0, 0.1) is 17.3 Å². The Morgan fingerprint density at radius 3 is 2.44 bits per heavy atom. The zero-order valence-corrected chi connectivity index (χ0v) is 21.5. The van der Waals surface area contributed by atoms with Gasteiger partial charge in [-0.2, -0.15) is 0 Å². The number of amides is 2. The molecule has 0 aromatic heterocycles. The number of carbonyl (C=O) groups is 3. The van der Waals surface area contributed by atoms with E-state index in [-0.39, 0.29) is 30.8 Å². The number of rotatable bonds is 6. The van der Waals surface area contributed by atoms with Gasteiger partial charge in [-0.1, -0.05) is 43.2 Å². The highest BCUT2D eigenvalue weighted by atomic mass is 16.5. The summed E-state index contributed by atoms with van der Waals surface area (Å²) in [5, 5.41) is 0. The summed E-state index contributed by atoms with van der Waals surface area (Å²) < 4.78 is 11.9. The van der Waals surface area contributed by atoms with Gasteiger partial charge in [0.2, 0.25) is 11.8 Å². The number of likely N-dealkylation sites (tertiary alicyclic amines) is 2. The van der Waals surface area contributed by atoms with E-state index < -0.39 is 23.4 Å². The van der Waals surface area contributed by atoms with E-state index in [0.29, 0.717) is 18.2 Å². The average molecular weight is 495 g/mol. The van der Waals surface area contributed by atoms with E-state index in [0.717, 1.165) is 44.3 Å². The van der Waals surface area contributed by atoms with Crippen molar-refractivity contribution in [3.05, 3.63) is 47.7 Å². The summed E-state index contributed by atoms with van der Waals surface area (Å²) in [6.45, 7) is 3.76. The van der Waals surface area contributed by atoms with Gasteiger partial charge in [-0.15, -0.1) is 0 Å². The lowest BCUT2D eigenvalue weighted by Gasteiger charge is -2.52. The third-order valence-electron chi connectivity index (χ3n) is 8.79. The molecule has 1 saturated carbocycles. The maximum Gasteiger partial charge on any atom is 0.320 e. The predicted octanol–water partition coefficient (Wildman–Crippen LogP) is 4.07. The predicted molar refractivity (Wildman–Crippen MR) is 134 cm³/mol. The minimum atomic E-state index is -1.12. The molecule has 0 bridgehead atoms. The quantitative estimate of drug-likeness (QED) is 0.558. The molecule has 7 heteroatoms. The maximum atomic E-state index is 14.0. The van der Waals surface area contributed by atoms with Crippen LogP contribution in [0.25, 0.3) is 0 Å². The average Bonchev–Trinajstić information content (AvgIpc) is 3.62. The Morgan fingerprint density at radius 1 is 1.08 bits per heavy atom. The lowest BCUT2D eigenvalue weighted by atomic mass is 9.66. The normalized spacial score (nSPS) is 30.8. The minimum absolute atomic E-state index is 0.00818. The Balaban J connectivity index is 1.55. The summed E-state index contributed by atoms with van der Waals surface area (Å²) in [5.74, 6) is -0.705. The van der Waals surface area contributed by atoms with E-state index in [1.54, 1.807) is 4.90 Å². The topological polar surface area (TPSA) is 76.2 Å². The second kappa shape index (κ2) is 10.4. The lowest BCUT2D eigenvalue weighted by Crippen LogP contribution is -2.60. The molecule has 1 aliphatic carbocycles. The van der Waals surface area contributed by atoms with Crippen LogP contribution in [-0.2, 0) is 30.4 Å². The number of piperidine rings is 1. The van der Waals surface area contributed by atoms with E-state index in [4.69, 9.17) is 9.47 Å². The Bertz CT molecular complexity index is 1010. The maximum absolute atomic E-state index is 14.0. The molecule has 36 heavy (non-hydrogen) atoms. The van der Waals surface area contributed by atoms with Crippen molar-refractivity contribution >= 4 is 17.8 Å². The molecule has 2 amide bonds. The summed E-state index contributed by atoms with van der Waals surface area (Å²) in [4.78, 5) is 44.4. The van der Waals surface area contributed by atoms with Crippen molar-refractivity contribution < 1.29 is 23.9 Å². The van der Waals surface area contributed by atoms with Crippen molar-refractivity contribution in [2.45, 2.75) is 77.0 Å². The van der Waals surface area contributed by atoms with Gasteiger partial charge in [-0.25, -0.2) is 0 Å². The molecule has 4 aliphatic rings. The van der Waals surface area contributed by atoms with Crippen molar-refractivity contribution in [3.63, 3.8) is 0 Å². The van der Waals surface area contributed by atoms with E-state index in [1.165, 1.54) is 20.0 Å². The van der Waals surface area contributed by atoms with Crippen LogP contribution in [0.15, 0.2) is 42.1 Å². The summed E-state index contributed by atoms with van der Waals surface area (Å²) in [6.07, 6.45) is 8.30. The Labute approximate surface area is 213 Å².